The topological polar surface area (TPSA) is 104 Å². The largest absolute Gasteiger partial charge is 0.356 e. The lowest BCUT2D eigenvalue weighted by Gasteiger charge is -2.27. The monoisotopic (exact) mass is 481 g/mol. The van der Waals surface area contributed by atoms with Crippen LogP contribution in [0.15, 0.2) is 24.3 Å². The highest BCUT2D eigenvalue weighted by atomic mass is 35.5. The number of halogens is 2. The van der Waals surface area contributed by atoms with Gasteiger partial charge in [-0.1, -0.05) is 50.0 Å². The maximum Gasteiger partial charge on any atom is 0.244 e. The number of aldehydes is 1. The van der Waals surface area contributed by atoms with Crippen molar-refractivity contribution in [3.05, 3.63) is 39.9 Å². The predicted octanol–water partition coefficient (Wildman–Crippen LogP) is 3.14. The normalized spacial score (nSPS) is 18.2. The molecule has 0 bridgehead atoms. The Balaban J connectivity index is 2.06. The number of hydrogen-bond donors (Lipinski definition) is 3. The molecule has 0 aromatic heterocycles. The first-order chi connectivity index (χ1) is 15.0. The molecule has 3 atom stereocenters. The molecule has 1 aromatic rings. The van der Waals surface area contributed by atoms with Gasteiger partial charge in [-0.2, -0.15) is 0 Å². The van der Waals surface area contributed by atoms with E-state index in [-0.39, 0.29) is 23.7 Å². The number of carbonyl (C=O) groups excluding carboxylic acids is 4. The first kappa shape index (κ1) is 25.9. The van der Waals surface area contributed by atoms with Gasteiger partial charge in [0.05, 0.1) is 6.04 Å². The summed E-state index contributed by atoms with van der Waals surface area (Å²) in [5.41, 5.74) is 0.347. The van der Waals surface area contributed by atoms with Crippen LogP contribution >= 0.6 is 23.2 Å². The third-order valence-corrected chi connectivity index (χ3v) is 5.58. The molecule has 2 unspecified atom stereocenters. The maximum atomic E-state index is 12.9. The minimum absolute atomic E-state index is 0.114. The van der Waals surface area contributed by atoms with Gasteiger partial charge in [0.15, 0.2) is 0 Å². The molecule has 1 aromatic carbocycles. The van der Waals surface area contributed by atoms with E-state index < -0.39 is 23.9 Å². The van der Waals surface area contributed by atoms with E-state index in [0.717, 1.165) is 0 Å². The second-order valence-electron chi connectivity index (χ2n) is 9.09. The van der Waals surface area contributed by atoms with Crippen LogP contribution in [0.5, 0.6) is 0 Å². The third-order valence-electron chi connectivity index (χ3n) is 5.02. The standard InChI is InChI=1S/C23H29Cl2N3O4/c1-23(2,3)12-19(22(32)27-17(13-29)10-15-8-9-26-21(15)31)28-20(30)7-5-14-4-6-16(24)11-18(14)25/h4-7,11,13,15,17,19H,8-10,12H2,1-3H3,(H,26,31)(H,27,32)(H,28,30)/b7-5+/t15?,17?,19-/m0/s1. The Morgan fingerprint density at radius 1 is 1.25 bits per heavy atom. The summed E-state index contributed by atoms with van der Waals surface area (Å²) in [6.45, 7) is 6.41. The van der Waals surface area contributed by atoms with Crippen LogP contribution < -0.4 is 16.0 Å². The summed E-state index contributed by atoms with van der Waals surface area (Å²) >= 11 is 12.0. The molecular weight excluding hydrogens is 453 g/mol. The Kier molecular flexibility index (Phi) is 9.28. The number of amides is 3. The van der Waals surface area contributed by atoms with Crippen LogP contribution in [0.25, 0.3) is 6.08 Å². The van der Waals surface area contributed by atoms with Crippen molar-refractivity contribution in [2.75, 3.05) is 6.54 Å². The summed E-state index contributed by atoms with van der Waals surface area (Å²) < 4.78 is 0. The van der Waals surface area contributed by atoms with Gasteiger partial charge in [0.1, 0.15) is 12.3 Å². The van der Waals surface area contributed by atoms with Crippen molar-refractivity contribution in [2.24, 2.45) is 11.3 Å². The van der Waals surface area contributed by atoms with E-state index in [9.17, 15) is 19.2 Å². The fourth-order valence-electron chi connectivity index (χ4n) is 3.45. The minimum Gasteiger partial charge on any atom is -0.356 e. The molecule has 0 aliphatic carbocycles. The van der Waals surface area contributed by atoms with Crippen LogP contribution in [0.4, 0.5) is 0 Å². The highest BCUT2D eigenvalue weighted by Gasteiger charge is 2.31. The van der Waals surface area contributed by atoms with Gasteiger partial charge in [0.2, 0.25) is 17.7 Å². The molecule has 174 valence electrons. The molecule has 0 radical (unpaired) electrons. The third kappa shape index (κ3) is 8.28. The Labute approximate surface area is 198 Å². The van der Waals surface area contributed by atoms with Gasteiger partial charge >= 0.3 is 0 Å². The van der Waals surface area contributed by atoms with Gasteiger partial charge in [-0.25, -0.2) is 0 Å². The molecule has 7 nitrogen and oxygen atoms in total. The van der Waals surface area contributed by atoms with Crippen molar-refractivity contribution in [1.82, 2.24) is 16.0 Å². The Hall–Kier alpha value is -2.38. The zero-order valence-electron chi connectivity index (χ0n) is 18.4. The van der Waals surface area contributed by atoms with Crippen molar-refractivity contribution >= 4 is 53.3 Å². The molecule has 3 N–H and O–H groups in total. The van der Waals surface area contributed by atoms with Crippen molar-refractivity contribution in [2.45, 2.75) is 52.1 Å². The van der Waals surface area contributed by atoms with Crippen LogP contribution in [0.3, 0.4) is 0 Å². The quantitative estimate of drug-likeness (QED) is 0.372. The highest BCUT2D eigenvalue weighted by Crippen LogP contribution is 2.23. The average Bonchev–Trinajstić information content (AvgIpc) is 3.09. The molecular formula is C23H29Cl2N3O4. The fraction of sp³-hybridized carbons (Fsp3) is 0.478. The van der Waals surface area contributed by atoms with Gasteiger partial charge in [-0.05, 0) is 48.4 Å². The summed E-state index contributed by atoms with van der Waals surface area (Å²) in [5.74, 6) is -1.37. The average molecular weight is 482 g/mol. The summed E-state index contributed by atoms with van der Waals surface area (Å²) in [6, 6.07) is 3.25. The van der Waals surface area contributed by atoms with Gasteiger partial charge in [-0.3, -0.25) is 14.4 Å². The molecule has 1 heterocycles. The highest BCUT2D eigenvalue weighted by molar-refractivity contribution is 6.35. The Morgan fingerprint density at radius 2 is 1.97 bits per heavy atom. The van der Waals surface area contributed by atoms with Crippen LogP contribution in [-0.4, -0.2) is 42.6 Å². The van der Waals surface area contributed by atoms with Crippen LogP contribution in [-0.2, 0) is 19.2 Å². The van der Waals surface area contributed by atoms with Crippen LogP contribution in [0.1, 0.15) is 45.6 Å². The van der Waals surface area contributed by atoms with E-state index in [1.54, 1.807) is 18.2 Å². The summed E-state index contributed by atoms with van der Waals surface area (Å²) in [7, 11) is 0. The Bertz CT molecular complexity index is 896. The Morgan fingerprint density at radius 3 is 2.53 bits per heavy atom. The number of benzene rings is 1. The van der Waals surface area contributed by atoms with Crippen LogP contribution in [0.2, 0.25) is 10.0 Å². The molecule has 1 aliphatic heterocycles. The molecule has 1 saturated heterocycles. The van der Waals surface area contributed by atoms with Crippen molar-refractivity contribution < 1.29 is 19.2 Å². The van der Waals surface area contributed by atoms with Crippen molar-refractivity contribution in [1.29, 1.82) is 0 Å². The zero-order chi connectivity index (χ0) is 23.9. The minimum atomic E-state index is -0.854. The maximum absolute atomic E-state index is 12.9. The molecule has 9 heteroatoms. The SMILES string of the molecule is CC(C)(C)C[C@H](NC(=O)/C=C/c1ccc(Cl)cc1Cl)C(=O)NC(C=O)CC1CCNC1=O. The molecule has 0 saturated carbocycles. The number of rotatable bonds is 9. The van der Waals surface area contributed by atoms with E-state index in [4.69, 9.17) is 23.2 Å². The van der Waals surface area contributed by atoms with E-state index in [1.807, 2.05) is 20.8 Å². The van der Waals surface area contributed by atoms with Crippen molar-refractivity contribution in [3.8, 4) is 0 Å². The zero-order valence-corrected chi connectivity index (χ0v) is 19.9. The number of nitrogens with one attached hydrogen (secondary N) is 3. The molecule has 0 spiro atoms. The van der Waals surface area contributed by atoms with Gasteiger partial charge in [0.25, 0.3) is 0 Å². The smallest absolute Gasteiger partial charge is 0.244 e. The van der Waals surface area contributed by atoms with Gasteiger partial charge in [0, 0.05) is 28.6 Å². The van der Waals surface area contributed by atoms with Gasteiger partial charge < -0.3 is 20.7 Å². The fourth-order valence-corrected chi connectivity index (χ4v) is 3.92. The summed E-state index contributed by atoms with van der Waals surface area (Å²) in [4.78, 5) is 48.7. The molecule has 3 amide bonds. The van der Waals surface area contributed by atoms with Crippen molar-refractivity contribution in [3.63, 3.8) is 0 Å². The first-order valence-corrected chi connectivity index (χ1v) is 11.2. The second kappa shape index (κ2) is 11.5. The van der Waals surface area contributed by atoms with Crippen LogP contribution in [0, 0.1) is 11.3 Å². The molecule has 32 heavy (non-hydrogen) atoms. The first-order valence-electron chi connectivity index (χ1n) is 10.5. The second-order valence-corrected chi connectivity index (χ2v) is 9.93. The number of hydrogen-bond acceptors (Lipinski definition) is 4. The van der Waals surface area contributed by atoms with Gasteiger partial charge in [-0.15, -0.1) is 0 Å². The lowest BCUT2D eigenvalue weighted by Crippen LogP contribution is -2.51. The number of carbonyl (C=O) groups is 4. The molecule has 1 aliphatic rings. The predicted molar refractivity (Wildman–Crippen MR) is 125 cm³/mol. The van der Waals surface area contributed by atoms with E-state index in [0.29, 0.717) is 41.3 Å². The summed E-state index contributed by atoms with van der Waals surface area (Å²) in [5, 5.41) is 8.97. The molecule has 2 rings (SSSR count). The molecule has 1 fully saturated rings. The van der Waals surface area contributed by atoms with E-state index in [2.05, 4.69) is 16.0 Å². The van der Waals surface area contributed by atoms with E-state index in [1.165, 1.54) is 12.2 Å². The lowest BCUT2D eigenvalue weighted by atomic mass is 9.87. The van der Waals surface area contributed by atoms with E-state index >= 15 is 0 Å². The lowest BCUT2D eigenvalue weighted by molar-refractivity contribution is -0.130. The summed E-state index contributed by atoms with van der Waals surface area (Å²) in [6.07, 6.45) is 4.66.